The molecule has 0 aromatic rings. The van der Waals surface area contributed by atoms with E-state index in [2.05, 4.69) is 6.92 Å². The molecule has 0 saturated carbocycles. The number of aliphatic hydroxyl groups is 2. The van der Waals surface area contributed by atoms with Crippen LogP contribution < -0.4 is 0 Å². The zero-order valence-corrected chi connectivity index (χ0v) is 10.1. The molecule has 0 saturated heterocycles. The van der Waals surface area contributed by atoms with E-state index < -0.39 is 11.2 Å². The summed E-state index contributed by atoms with van der Waals surface area (Å²) >= 11 is 0. The molecule has 0 aliphatic rings. The van der Waals surface area contributed by atoms with Gasteiger partial charge in [0.2, 0.25) is 0 Å². The maximum atomic E-state index is 9.99. The van der Waals surface area contributed by atoms with Crippen molar-refractivity contribution >= 4 is 0 Å². The van der Waals surface area contributed by atoms with Crippen LogP contribution in [0.4, 0.5) is 0 Å². The van der Waals surface area contributed by atoms with Crippen molar-refractivity contribution < 1.29 is 10.2 Å². The lowest BCUT2D eigenvalue weighted by atomic mass is 9.87. The molecule has 0 fully saturated rings. The summed E-state index contributed by atoms with van der Waals surface area (Å²) in [5.74, 6) is 0. The van der Waals surface area contributed by atoms with Crippen molar-refractivity contribution in [2.45, 2.75) is 77.4 Å². The summed E-state index contributed by atoms with van der Waals surface area (Å²) in [5.41, 5.74) is -1.49. The Hall–Kier alpha value is -0.0800. The summed E-state index contributed by atoms with van der Waals surface area (Å²) < 4.78 is 0. The smallest absolute Gasteiger partial charge is 0.0646 e. The summed E-state index contributed by atoms with van der Waals surface area (Å²) in [7, 11) is 0. The van der Waals surface area contributed by atoms with Gasteiger partial charge in [-0.05, 0) is 27.2 Å². The third kappa shape index (κ3) is 8.52. The zero-order chi connectivity index (χ0) is 11.2. The van der Waals surface area contributed by atoms with Crippen LogP contribution in [0.3, 0.4) is 0 Å². The van der Waals surface area contributed by atoms with Crippen molar-refractivity contribution in [1.29, 1.82) is 0 Å². The molecule has 0 amide bonds. The van der Waals surface area contributed by atoms with Gasteiger partial charge in [0.25, 0.3) is 0 Å². The largest absolute Gasteiger partial charge is 0.390 e. The van der Waals surface area contributed by atoms with Crippen LogP contribution in [0.25, 0.3) is 0 Å². The van der Waals surface area contributed by atoms with Gasteiger partial charge >= 0.3 is 0 Å². The molecule has 0 spiro atoms. The fourth-order valence-corrected chi connectivity index (χ4v) is 1.95. The third-order valence-electron chi connectivity index (χ3n) is 2.38. The highest BCUT2D eigenvalue weighted by Crippen LogP contribution is 2.25. The van der Waals surface area contributed by atoms with Crippen LogP contribution in [0.15, 0.2) is 0 Å². The molecule has 1 unspecified atom stereocenters. The van der Waals surface area contributed by atoms with Gasteiger partial charge < -0.3 is 10.2 Å². The van der Waals surface area contributed by atoms with Gasteiger partial charge in [-0.1, -0.05) is 32.6 Å². The predicted molar refractivity (Wildman–Crippen MR) is 60.3 cm³/mol. The molecule has 2 N–H and O–H groups in total. The first-order chi connectivity index (χ1) is 6.27. The van der Waals surface area contributed by atoms with Crippen LogP contribution in [0.1, 0.15) is 66.2 Å². The molecule has 0 bridgehead atoms. The van der Waals surface area contributed by atoms with Gasteiger partial charge in [-0.25, -0.2) is 0 Å². The highest BCUT2D eigenvalue weighted by Gasteiger charge is 2.28. The normalized spacial score (nSPS) is 16.7. The van der Waals surface area contributed by atoms with Crippen LogP contribution in [0, 0.1) is 0 Å². The van der Waals surface area contributed by atoms with Gasteiger partial charge in [0.1, 0.15) is 0 Å². The summed E-state index contributed by atoms with van der Waals surface area (Å²) in [6.45, 7) is 7.48. The average molecular weight is 202 g/mol. The zero-order valence-electron chi connectivity index (χ0n) is 10.1. The van der Waals surface area contributed by atoms with Crippen LogP contribution in [0.5, 0.6) is 0 Å². The molecular formula is C12H26O2. The molecule has 0 aromatic heterocycles. The summed E-state index contributed by atoms with van der Waals surface area (Å²) in [6, 6.07) is 0. The standard InChI is InChI=1S/C12H26O2/c1-5-6-7-8-9-12(4,14)10-11(2,3)13/h13-14H,5-10H2,1-4H3. The van der Waals surface area contributed by atoms with Crippen molar-refractivity contribution in [3.63, 3.8) is 0 Å². The van der Waals surface area contributed by atoms with Crippen LogP contribution >= 0.6 is 0 Å². The number of unbranched alkanes of at least 4 members (excludes halogenated alkanes) is 3. The molecule has 2 nitrogen and oxygen atoms in total. The van der Waals surface area contributed by atoms with E-state index in [-0.39, 0.29) is 0 Å². The van der Waals surface area contributed by atoms with E-state index in [0.29, 0.717) is 6.42 Å². The maximum Gasteiger partial charge on any atom is 0.0646 e. The lowest BCUT2D eigenvalue weighted by Crippen LogP contribution is -2.35. The molecule has 0 rings (SSSR count). The molecule has 0 aliphatic carbocycles. The van der Waals surface area contributed by atoms with Gasteiger partial charge in [0.15, 0.2) is 0 Å². The number of hydrogen-bond donors (Lipinski definition) is 2. The Balaban J connectivity index is 3.72. The van der Waals surface area contributed by atoms with E-state index in [0.717, 1.165) is 12.8 Å². The van der Waals surface area contributed by atoms with Gasteiger partial charge in [-0.15, -0.1) is 0 Å². The molecule has 0 heterocycles. The first-order valence-corrected chi connectivity index (χ1v) is 5.71. The minimum absolute atomic E-state index is 0.451. The molecule has 0 aliphatic heterocycles. The van der Waals surface area contributed by atoms with Gasteiger partial charge in [0.05, 0.1) is 11.2 Å². The van der Waals surface area contributed by atoms with E-state index in [1.165, 1.54) is 19.3 Å². The molecule has 2 heteroatoms. The summed E-state index contributed by atoms with van der Waals surface area (Å²) in [5, 5.41) is 19.6. The minimum atomic E-state index is -0.770. The molecule has 0 radical (unpaired) electrons. The van der Waals surface area contributed by atoms with Crippen LogP contribution in [0.2, 0.25) is 0 Å². The number of hydrogen-bond acceptors (Lipinski definition) is 2. The van der Waals surface area contributed by atoms with E-state index >= 15 is 0 Å². The summed E-state index contributed by atoms with van der Waals surface area (Å²) in [4.78, 5) is 0. The molecule has 0 aromatic carbocycles. The number of rotatable bonds is 7. The average Bonchev–Trinajstić information content (AvgIpc) is 1.93. The quantitative estimate of drug-likeness (QED) is 0.623. The fraction of sp³-hybridized carbons (Fsp3) is 1.00. The SMILES string of the molecule is CCCCCCC(C)(O)CC(C)(C)O. The Kier molecular flexibility index (Phi) is 5.68. The second-order valence-electron chi connectivity index (χ2n) is 5.30. The van der Waals surface area contributed by atoms with Crippen molar-refractivity contribution in [2.75, 3.05) is 0 Å². The first kappa shape index (κ1) is 13.9. The Morgan fingerprint density at radius 3 is 1.93 bits per heavy atom. The summed E-state index contributed by atoms with van der Waals surface area (Å²) in [6.07, 6.45) is 5.92. The third-order valence-corrected chi connectivity index (χ3v) is 2.38. The van der Waals surface area contributed by atoms with E-state index in [9.17, 15) is 10.2 Å². The predicted octanol–water partition coefficient (Wildman–Crippen LogP) is 2.87. The van der Waals surface area contributed by atoms with Gasteiger partial charge in [-0.2, -0.15) is 0 Å². The van der Waals surface area contributed by atoms with E-state index in [4.69, 9.17) is 0 Å². The lowest BCUT2D eigenvalue weighted by molar-refractivity contribution is -0.0409. The van der Waals surface area contributed by atoms with E-state index in [1.807, 2.05) is 6.92 Å². The Morgan fingerprint density at radius 2 is 1.50 bits per heavy atom. The molecular weight excluding hydrogens is 176 g/mol. The Morgan fingerprint density at radius 1 is 0.929 bits per heavy atom. The topological polar surface area (TPSA) is 40.5 Å². The van der Waals surface area contributed by atoms with Crippen LogP contribution in [-0.2, 0) is 0 Å². The van der Waals surface area contributed by atoms with Crippen molar-refractivity contribution in [2.24, 2.45) is 0 Å². The van der Waals surface area contributed by atoms with Gasteiger partial charge in [0, 0.05) is 6.42 Å². The second-order valence-corrected chi connectivity index (χ2v) is 5.30. The Bertz CT molecular complexity index is 145. The first-order valence-electron chi connectivity index (χ1n) is 5.71. The van der Waals surface area contributed by atoms with Gasteiger partial charge in [-0.3, -0.25) is 0 Å². The highest BCUT2D eigenvalue weighted by molar-refractivity contribution is 4.81. The van der Waals surface area contributed by atoms with Crippen molar-refractivity contribution in [1.82, 2.24) is 0 Å². The Labute approximate surface area is 88.3 Å². The fourth-order valence-electron chi connectivity index (χ4n) is 1.95. The molecule has 86 valence electrons. The maximum absolute atomic E-state index is 9.99. The minimum Gasteiger partial charge on any atom is -0.390 e. The lowest BCUT2D eigenvalue weighted by Gasteiger charge is -2.30. The molecule has 14 heavy (non-hydrogen) atoms. The van der Waals surface area contributed by atoms with Crippen molar-refractivity contribution in [3.05, 3.63) is 0 Å². The van der Waals surface area contributed by atoms with Crippen molar-refractivity contribution in [3.8, 4) is 0 Å². The monoisotopic (exact) mass is 202 g/mol. The molecule has 1 atom stereocenters. The second kappa shape index (κ2) is 5.72. The van der Waals surface area contributed by atoms with Crippen LogP contribution in [-0.4, -0.2) is 21.4 Å². The van der Waals surface area contributed by atoms with E-state index in [1.54, 1.807) is 13.8 Å². The highest BCUT2D eigenvalue weighted by atomic mass is 16.3.